The molecular formula is C10H14N6. The van der Waals surface area contributed by atoms with Crippen molar-refractivity contribution in [2.75, 3.05) is 6.54 Å². The Balaban J connectivity index is 1.69. The molecule has 0 amide bonds. The van der Waals surface area contributed by atoms with Crippen LogP contribution in [-0.2, 0) is 20.0 Å². The fourth-order valence-electron chi connectivity index (χ4n) is 1.37. The minimum absolute atomic E-state index is 0.647. The van der Waals surface area contributed by atoms with E-state index < -0.39 is 0 Å². The van der Waals surface area contributed by atoms with Crippen molar-refractivity contribution in [3.8, 4) is 0 Å². The van der Waals surface area contributed by atoms with E-state index in [1.165, 1.54) is 10.4 Å². The Morgan fingerprint density at radius 1 is 1.44 bits per heavy atom. The lowest BCUT2D eigenvalue weighted by Gasteiger charge is -2.01. The largest absolute Gasteiger partial charge is 0.309 e. The zero-order chi connectivity index (χ0) is 11.2. The molecule has 2 rings (SSSR count). The molecule has 0 bridgehead atoms. The van der Waals surface area contributed by atoms with Crippen molar-refractivity contribution in [2.45, 2.75) is 13.0 Å². The summed E-state index contributed by atoms with van der Waals surface area (Å²) in [5.41, 5.74) is 1.22. The summed E-state index contributed by atoms with van der Waals surface area (Å²) in [6.07, 6.45) is 4.61. The van der Waals surface area contributed by atoms with Crippen molar-refractivity contribution in [3.05, 3.63) is 35.9 Å². The monoisotopic (exact) mass is 218 g/mol. The summed E-state index contributed by atoms with van der Waals surface area (Å²) in [4.78, 5) is 5.52. The fraction of sp³-hybridized carbons (Fsp3) is 0.400. The molecule has 0 unspecified atom stereocenters. The maximum absolute atomic E-state index is 4.07. The molecule has 0 saturated carbocycles. The van der Waals surface area contributed by atoms with E-state index in [2.05, 4.69) is 31.8 Å². The average molecular weight is 218 g/mol. The predicted molar refractivity (Wildman–Crippen MR) is 58.4 cm³/mol. The predicted octanol–water partition coefficient (Wildman–Crippen LogP) is -0.0626. The van der Waals surface area contributed by atoms with Gasteiger partial charge in [0.15, 0.2) is 5.82 Å². The summed E-state index contributed by atoms with van der Waals surface area (Å²) < 4.78 is 0. The normalized spacial score (nSPS) is 10.6. The van der Waals surface area contributed by atoms with Crippen LogP contribution in [0.1, 0.15) is 11.4 Å². The molecule has 6 nitrogen and oxygen atoms in total. The molecule has 0 aliphatic rings. The van der Waals surface area contributed by atoms with E-state index in [9.17, 15) is 0 Å². The second-order valence-corrected chi connectivity index (χ2v) is 3.48. The highest BCUT2D eigenvalue weighted by Gasteiger charge is 1.98. The lowest BCUT2D eigenvalue weighted by Crippen LogP contribution is -2.17. The molecule has 0 atom stereocenters. The maximum Gasteiger partial charge on any atom is 0.188 e. The SMILES string of the molecule is Cn1nnc(CNCCc2cccnc2)n1. The number of pyridine rings is 1. The summed E-state index contributed by atoms with van der Waals surface area (Å²) in [6, 6.07) is 4.01. The second-order valence-electron chi connectivity index (χ2n) is 3.48. The highest BCUT2D eigenvalue weighted by molar-refractivity contribution is 5.08. The summed E-state index contributed by atoms with van der Waals surface area (Å²) >= 11 is 0. The van der Waals surface area contributed by atoms with E-state index in [1.807, 2.05) is 12.3 Å². The second kappa shape index (κ2) is 5.32. The molecule has 2 aromatic heterocycles. The molecule has 84 valence electrons. The number of nitrogens with one attached hydrogen (secondary N) is 1. The number of hydrogen-bond acceptors (Lipinski definition) is 5. The number of tetrazole rings is 1. The van der Waals surface area contributed by atoms with Crippen LogP contribution < -0.4 is 5.32 Å². The number of aromatic nitrogens is 5. The van der Waals surface area contributed by atoms with E-state index >= 15 is 0 Å². The maximum atomic E-state index is 4.07. The first-order valence-corrected chi connectivity index (χ1v) is 5.17. The minimum atomic E-state index is 0.647. The van der Waals surface area contributed by atoms with Gasteiger partial charge in [-0.1, -0.05) is 6.07 Å². The van der Waals surface area contributed by atoms with Crippen LogP contribution in [0.2, 0.25) is 0 Å². The lowest BCUT2D eigenvalue weighted by molar-refractivity contribution is 0.619. The highest BCUT2D eigenvalue weighted by Crippen LogP contribution is 1.95. The van der Waals surface area contributed by atoms with Crippen molar-refractivity contribution in [3.63, 3.8) is 0 Å². The zero-order valence-electron chi connectivity index (χ0n) is 9.17. The van der Waals surface area contributed by atoms with Gasteiger partial charge in [-0.05, 0) is 29.8 Å². The number of nitrogens with zero attached hydrogens (tertiary/aromatic N) is 5. The summed E-state index contributed by atoms with van der Waals surface area (Å²) in [6.45, 7) is 1.53. The minimum Gasteiger partial charge on any atom is -0.309 e. The van der Waals surface area contributed by atoms with Gasteiger partial charge in [0.25, 0.3) is 0 Å². The molecule has 0 saturated heterocycles. The van der Waals surface area contributed by atoms with Gasteiger partial charge in [0.2, 0.25) is 0 Å². The van der Waals surface area contributed by atoms with Gasteiger partial charge in [-0.15, -0.1) is 10.2 Å². The van der Waals surface area contributed by atoms with Crippen LogP contribution in [0.3, 0.4) is 0 Å². The molecule has 2 heterocycles. The van der Waals surface area contributed by atoms with Crippen molar-refractivity contribution in [1.82, 2.24) is 30.5 Å². The molecular weight excluding hydrogens is 204 g/mol. The Hall–Kier alpha value is -1.82. The van der Waals surface area contributed by atoms with Crippen molar-refractivity contribution in [2.24, 2.45) is 7.05 Å². The van der Waals surface area contributed by atoms with Gasteiger partial charge in [0, 0.05) is 12.4 Å². The topological polar surface area (TPSA) is 68.5 Å². The number of aryl methyl sites for hydroxylation is 1. The van der Waals surface area contributed by atoms with Crippen molar-refractivity contribution in [1.29, 1.82) is 0 Å². The molecule has 1 N–H and O–H groups in total. The third kappa shape index (κ3) is 3.09. The Labute approximate surface area is 93.7 Å². The van der Waals surface area contributed by atoms with Crippen molar-refractivity contribution >= 4 is 0 Å². The van der Waals surface area contributed by atoms with Crippen LogP contribution in [0.4, 0.5) is 0 Å². The van der Waals surface area contributed by atoms with Gasteiger partial charge >= 0.3 is 0 Å². The Morgan fingerprint density at radius 2 is 2.38 bits per heavy atom. The van der Waals surface area contributed by atoms with E-state index in [0.29, 0.717) is 12.4 Å². The van der Waals surface area contributed by atoms with Gasteiger partial charge in [-0.2, -0.15) is 4.80 Å². The van der Waals surface area contributed by atoms with Crippen molar-refractivity contribution < 1.29 is 0 Å². The molecule has 0 aromatic carbocycles. The quantitative estimate of drug-likeness (QED) is 0.712. The molecule has 16 heavy (non-hydrogen) atoms. The third-order valence-corrected chi connectivity index (χ3v) is 2.15. The third-order valence-electron chi connectivity index (χ3n) is 2.15. The first-order valence-electron chi connectivity index (χ1n) is 5.17. The van der Waals surface area contributed by atoms with Crippen LogP contribution in [-0.4, -0.2) is 31.7 Å². The molecule has 0 spiro atoms. The van der Waals surface area contributed by atoms with E-state index in [0.717, 1.165) is 13.0 Å². The Morgan fingerprint density at radius 3 is 3.06 bits per heavy atom. The summed E-state index contributed by atoms with van der Waals surface area (Å²) in [5, 5.41) is 15.0. The van der Waals surface area contributed by atoms with Crippen LogP contribution in [0.25, 0.3) is 0 Å². The first-order chi connectivity index (χ1) is 7.84. The molecule has 2 aromatic rings. The lowest BCUT2D eigenvalue weighted by atomic mass is 10.2. The number of hydrogen-bond donors (Lipinski definition) is 1. The number of rotatable bonds is 5. The van der Waals surface area contributed by atoms with Crippen LogP contribution in [0.15, 0.2) is 24.5 Å². The molecule has 0 fully saturated rings. The van der Waals surface area contributed by atoms with Gasteiger partial charge in [0.05, 0.1) is 13.6 Å². The van der Waals surface area contributed by atoms with E-state index in [-0.39, 0.29) is 0 Å². The van der Waals surface area contributed by atoms with E-state index in [4.69, 9.17) is 0 Å². The highest BCUT2D eigenvalue weighted by atomic mass is 15.6. The van der Waals surface area contributed by atoms with Gasteiger partial charge in [-0.25, -0.2) is 0 Å². The van der Waals surface area contributed by atoms with Gasteiger partial charge in [-0.3, -0.25) is 4.98 Å². The standard InChI is InChI=1S/C10H14N6/c1-16-14-10(13-15-16)8-12-6-4-9-3-2-5-11-7-9/h2-3,5,7,12H,4,6,8H2,1H3. The van der Waals surface area contributed by atoms with Crippen LogP contribution in [0.5, 0.6) is 0 Å². The van der Waals surface area contributed by atoms with E-state index in [1.54, 1.807) is 13.2 Å². The molecule has 0 aliphatic carbocycles. The fourth-order valence-corrected chi connectivity index (χ4v) is 1.37. The van der Waals surface area contributed by atoms with Gasteiger partial charge in [0.1, 0.15) is 0 Å². The van der Waals surface area contributed by atoms with Crippen LogP contribution in [0, 0.1) is 0 Å². The molecule has 0 radical (unpaired) electrons. The Bertz CT molecular complexity index is 424. The zero-order valence-corrected chi connectivity index (χ0v) is 9.17. The Kier molecular flexibility index (Phi) is 3.55. The van der Waals surface area contributed by atoms with Crippen LogP contribution >= 0.6 is 0 Å². The van der Waals surface area contributed by atoms with Gasteiger partial charge < -0.3 is 5.32 Å². The smallest absolute Gasteiger partial charge is 0.188 e. The summed E-state index contributed by atoms with van der Waals surface area (Å²) in [7, 11) is 1.76. The summed E-state index contributed by atoms with van der Waals surface area (Å²) in [5.74, 6) is 0.716. The average Bonchev–Trinajstić information content (AvgIpc) is 2.72. The molecule has 0 aliphatic heterocycles. The first kappa shape index (κ1) is 10.7. The molecule has 6 heteroatoms.